The van der Waals surface area contributed by atoms with E-state index >= 15 is 0 Å². The summed E-state index contributed by atoms with van der Waals surface area (Å²) < 4.78 is 0. The molecule has 1 aliphatic rings. The van der Waals surface area contributed by atoms with Crippen molar-refractivity contribution in [3.63, 3.8) is 0 Å². The Morgan fingerprint density at radius 2 is 2.05 bits per heavy atom. The van der Waals surface area contributed by atoms with Gasteiger partial charge in [-0.25, -0.2) is 4.98 Å². The van der Waals surface area contributed by atoms with Crippen molar-refractivity contribution in [2.75, 3.05) is 36.8 Å². The minimum Gasteiger partial charge on any atom is -0.382 e. The van der Waals surface area contributed by atoms with Gasteiger partial charge in [0.05, 0.1) is 12.4 Å². The first-order valence-electron chi connectivity index (χ1n) is 6.38. The summed E-state index contributed by atoms with van der Waals surface area (Å²) in [6, 6.07) is 4.30. The van der Waals surface area contributed by atoms with Gasteiger partial charge in [-0.2, -0.15) is 0 Å². The molecule has 5 nitrogen and oxygen atoms in total. The van der Waals surface area contributed by atoms with Gasteiger partial charge in [0.2, 0.25) is 0 Å². The lowest BCUT2D eigenvalue weighted by atomic mass is 10.3. The normalized spacial score (nSPS) is 16.7. The van der Waals surface area contributed by atoms with E-state index in [0.717, 1.165) is 38.5 Å². The van der Waals surface area contributed by atoms with E-state index in [4.69, 9.17) is 5.73 Å². The zero-order valence-electron chi connectivity index (χ0n) is 10.7. The molecule has 3 heterocycles. The first-order valence-corrected chi connectivity index (χ1v) is 7.26. The molecule has 0 atom stereocenters. The van der Waals surface area contributed by atoms with E-state index < -0.39 is 0 Å². The van der Waals surface area contributed by atoms with Gasteiger partial charge < -0.3 is 10.6 Å². The standard InChI is InChI=1S/C13H17N5S/c14-12-8-15-9-13(16-12)18-5-3-17(4-6-18)10-11-2-1-7-19-11/h1-2,7-9H,3-6,10H2,(H2,14,16). The second kappa shape index (κ2) is 5.54. The lowest BCUT2D eigenvalue weighted by Gasteiger charge is -2.35. The summed E-state index contributed by atoms with van der Waals surface area (Å²) in [7, 11) is 0. The maximum atomic E-state index is 5.67. The first-order chi connectivity index (χ1) is 9.31. The maximum Gasteiger partial charge on any atom is 0.149 e. The molecule has 0 aromatic carbocycles. The SMILES string of the molecule is Nc1cncc(N2CCN(Cc3cccs3)CC2)n1. The maximum absolute atomic E-state index is 5.67. The number of hydrogen-bond acceptors (Lipinski definition) is 6. The molecule has 0 spiro atoms. The Balaban J connectivity index is 1.57. The Bertz CT molecular complexity index is 520. The lowest BCUT2D eigenvalue weighted by Crippen LogP contribution is -2.46. The molecule has 6 heteroatoms. The number of nitrogens with zero attached hydrogens (tertiary/aromatic N) is 4. The average molecular weight is 275 g/mol. The fourth-order valence-electron chi connectivity index (χ4n) is 2.28. The van der Waals surface area contributed by atoms with Gasteiger partial charge in [-0.1, -0.05) is 6.07 Å². The number of aromatic nitrogens is 2. The van der Waals surface area contributed by atoms with Crippen molar-refractivity contribution in [2.45, 2.75) is 6.54 Å². The van der Waals surface area contributed by atoms with Crippen molar-refractivity contribution in [1.29, 1.82) is 0 Å². The van der Waals surface area contributed by atoms with Crippen molar-refractivity contribution in [3.8, 4) is 0 Å². The summed E-state index contributed by atoms with van der Waals surface area (Å²) in [5.41, 5.74) is 5.67. The lowest BCUT2D eigenvalue weighted by molar-refractivity contribution is 0.251. The van der Waals surface area contributed by atoms with Crippen LogP contribution in [0, 0.1) is 0 Å². The highest BCUT2D eigenvalue weighted by molar-refractivity contribution is 7.09. The third-order valence-electron chi connectivity index (χ3n) is 3.30. The molecule has 0 amide bonds. The van der Waals surface area contributed by atoms with E-state index in [1.165, 1.54) is 4.88 Å². The molecule has 100 valence electrons. The average Bonchev–Trinajstić information content (AvgIpc) is 2.92. The van der Waals surface area contributed by atoms with Crippen LogP contribution >= 0.6 is 11.3 Å². The van der Waals surface area contributed by atoms with E-state index in [9.17, 15) is 0 Å². The van der Waals surface area contributed by atoms with Crippen molar-refractivity contribution in [3.05, 3.63) is 34.8 Å². The minimum absolute atomic E-state index is 0.485. The number of hydrogen-bond donors (Lipinski definition) is 1. The van der Waals surface area contributed by atoms with E-state index in [2.05, 4.69) is 37.3 Å². The summed E-state index contributed by atoms with van der Waals surface area (Å²) >= 11 is 1.82. The fourth-order valence-corrected chi connectivity index (χ4v) is 3.03. The first kappa shape index (κ1) is 12.4. The molecule has 0 aliphatic carbocycles. The Labute approximate surface area is 116 Å². The molecule has 1 fully saturated rings. The van der Waals surface area contributed by atoms with Gasteiger partial charge >= 0.3 is 0 Å². The van der Waals surface area contributed by atoms with Crippen molar-refractivity contribution in [1.82, 2.24) is 14.9 Å². The Morgan fingerprint density at radius 3 is 2.74 bits per heavy atom. The van der Waals surface area contributed by atoms with Crippen LogP contribution in [0.4, 0.5) is 11.6 Å². The third-order valence-corrected chi connectivity index (χ3v) is 4.16. The van der Waals surface area contributed by atoms with Crippen LogP contribution < -0.4 is 10.6 Å². The Kier molecular flexibility index (Phi) is 3.61. The molecule has 1 saturated heterocycles. The quantitative estimate of drug-likeness (QED) is 0.918. The predicted octanol–water partition coefficient (Wildman–Crippen LogP) is 1.44. The van der Waals surface area contributed by atoms with Crippen LogP contribution in [0.5, 0.6) is 0 Å². The Morgan fingerprint density at radius 1 is 1.21 bits per heavy atom. The molecule has 3 rings (SSSR count). The highest BCUT2D eigenvalue weighted by Gasteiger charge is 2.18. The highest BCUT2D eigenvalue weighted by atomic mass is 32.1. The largest absolute Gasteiger partial charge is 0.382 e. The van der Waals surface area contributed by atoms with Crippen molar-refractivity contribution < 1.29 is 0 Å². The monoisotopic (exact) mass is 275 g/mol. The topological polar surface area (TPSA) is 58.3 Å². The second-order valence-corrected chi connectivity index (χ2v) is 5.68. The molecule has 2 aromatic heterocycles. The number of nitrogen functional groups attached to an aromatic ring is 1. The zero-order valence-corrected chi connectivity index (χ0v) is 11.5. The summed E-state index contributed by atoms with van der Waals surface area (Å²) in [5, 5.41) is 2.13. The van der Waals surface area contributed by atoms with Crippen LogP contribution in [0.15, 0.2) is 29.9 Å². The molecule has 2 N–H and O–H groups in total. The number of piperazine rings is 1. The minimum atomic E-state index is 0.485. The second-order valence-electron chi connectivity index (χ2n) is 4.64. The number of thiophene rings is 1. The fraction of sp³-hybridized carbons (Fsp3) is 0.385. The van der Waals surface area contributed by atoms with Gasteiger partial charge in [-0.3, -0.25) is 9.88 Å². The van der Waals surface area contributed by atoms with Gasteiger partial charge in [-0.05, 0) is 11.4 Å². The molecule has 1 aliphatic heterocycles. The van der Waals surface area contributed by atoms with Crippen molar-refractivity contribution in [2.24, 2.45) is 0 Å². The van der Waals surface area contributed by atoms with Crippen LogP contribution in [-0.4, -0.2) is 41.0 Å². The molecule has 2 aromatic rings. The van der Waals surface area contributed by atoms with Crippen LogP contribution in [0.25, 0.3) is 0 Å². The molecule has 0 bridgehead atoms. The van der Waals surface area contributed by atoms with Gasteiger partial charge in [0.1, 0.15) is 11.6 Å². The summed E-state index contributed by atoms with van der Waals surface area (Å²) in [6.45, 7) is 5.10. The molecular formula is C13H17N5S. The van der Waals surface area contributed by atoms with Crippen molar-refractivity contribution >= 4 is 23.0 Å². The van der Waals surface area contributed by atoms with Crippen LogP contribution in [0.1, 0.15) is 4.88 Å². The van der Waals surface area contributed by atoms with Gasteiger partial charge in [0, 0.05) is 37.6 Å². The highest BCUT2D eigenvalue weighted by Crippen LogP contribution is 2.16. The van der Waals surface area contributed by atoms with Crippen LogP contribution in [0.2, 0.25) is 0 Å². The number of anilines is 2. The number of nitrogens with two attached hydrogens (primary N) is 1. The molecule has 19 heavy (non-hydrogen) atoms. The summed E-state index contributed by atoms with van der Waals surface area (Å²) in [4.78, 5) is 14.6. The zero-order chi connectivity index (χ0) is 13.1. The van der Waals surface area contributed by atoms with E-state index in [1.807, 2.05) is 11.3 Å². The van der Waals surface area contributed by atoms with Crippen LogP contribution in [-0.2, 0) is 6.54 Å². The van der Waals surface area contributed by atoms with Crippen LogP contribution in [0.3, 0.4) is 0 Å². The summed E-state index contributed by atoms with van der Waals surface area (Å²) in [5.74, 6) is 1.37. The molecule has 0 unspecified atom stereocenters. The smallest absolute Gasteiger partial charge is 0.149 e. The van der Waals surface area contributed by atoms with E-state index in [0.29, 0.717) is 5.82 Å². The third kappa shape index (κ3) is 3.02. The molecule has 0 saturated carbocycles. The number of rotatable bonds is 3. The predicted molar refractivity (Wildman–Crippen MR) is 78.3 cm³/mol. The summed E-state index contributed by atoms with van der Waals surface area (Å²) in [6.07, 6.45) is 3.36. The van der Waals surface area contributed by atoms with Gasteiger partial charge in [-0.15, -0.1) is 11.3 Å². The van der Waals surface area contributed by atoms with E-state index in [-0.39, 0.29) is 0 Å². The molecule has 0 radical (unpaired) electrons. The molecular weight excluding hydrogens is 258 g/mol. The van der Waals surface area contributed by atoms with Gasteiger partial charge in [0.25, 0.3) is 0 Å². The Hall–Kier alpha value is -1.66. The van der Waals surface area contributed by atoms with E-state index in [1.54, 1.807) is 12.4 Å². The van der Waals surface area contributed by atoms with Gasteiger partial charge in [0.15, 0.2) is 0 Å².